The number of alkyl halides is 5. The van der Waals surface area contributed by atoms with Crippen LogP contribution < -0.4 is 5.32 Å². The van der Waals surface area contributed by atoms with E-state index < -0.39 is 36.0 Å². The average molecular weight is 461 g/mol. The number of carbonyl (C=O) groups is 1. The summed E-state index contributed by atoms with van der Waals surface area (Å²) in [6, 6.07) is 0.0379. The van der Waals surface area contributed by atoms with Crippen molar-refractivity contribution in [2.75, 3.05) is 19.6 Å². The number of phenolic OH excluding ortho intramolecular Hbond substituents is 1. The highest BCUT2D eigenvalue weighted by molar-refractivity contribution is 6.09. The van der Waals surface area contributed by atoms with Gasteiger partial charge in [-0.3, -0.25) is 0 Å². The second-order valence-corrected chi connectivity index (χ2v) is 7.92. The topological polar surface area (TPSA) is 101 Å². The lowest BCUT2D eigenvalue weighted by molar-refractivity contribution is -0.137. The number of rotatable bonds is 2. The van der Waals surface area contributed by atoms with E-state index in [0.717, 1.165) is 12.5 Å². The maximum absolute atomic E-state index is 13.9. The third kappa shape index (κ3) is 4.02. The Hall–Kier alpha value is -3.12. The predicted molar refractivity (Wildman–Crippen MR) is 103 cm³/mol. The van der Waals surface area contributed by atoms with Crippen molar-refractivity contribution in [2.45, 2.75) is 37.5 Å². The lowest BCUT2D eigenvalue weighted by atomic mass is 9.92. The highest BCUT2D eigenvalue weighted by atomic mass is 19.4. The molecule has 3 N–H and O–H groups in total. The van der Waals surface area contributed by atoms with Crippen LogP contribution in [0.15, 0.2) is 28.4 Å². The third-order valence-electron chi connectivity index (χ3n) is 6.09. The predicted octanol–water partition coefficient (Wildman–Crippen LogP) is 2.78. The molecule has 2 saturated heterocycles. The summed E-state index contributed by atoms with van der Waals surface area (Å²) in [5.41, 5.74) is -1.79. The van der Waals surface area contributed by atoms with E-state index in [0.29, 0.717) is 31.6 Å². The Balaban J connectivity index is 1.63. The highest BCUT2D eigenvalue weighted by Gasteiger charge is 2.43. The van der Waals surface area contributed by atoms with E-state index in [1.807, 2.05) is 0 Å². The number of hydrogen-bond acceptors (Lipinski definition) is 6. The number of guanidine groups is 1. The number of aromatic hydroxyl groups is 1. The number of nitrogens with one attached hydrogen (secondary N) is 1. The molecule has 0 aromatic heterocycles. The minimum absolute atomic E-state index is 0.0465. The molecule has 0 radical (unpaired) electrons. The molecular weight excluding hydrogens is 441 g/mol. The van der Waals surface area contributed by atoms with Gasteiger partial charge in [0.2, 0.25) is 5.96 Å². The maximum Gasteiger partial charge on any atom is 0.416 e. The van der Waals surface area contributed by atoms with Gasteiger partial charge in [0.25, 0.3) is 6.43 Å². The summed E-state index contributed by atoms with van der Waals surface area (Å²) < 4.78 is 66.2. The molecule has 1 amide bonds. The summed E-state index contributed by atoms with van der Waals surface area (Å²) >= 11 is 0. The zero-order valence-electron chi connectivity index (χ0n) is 16.6. The Morgan fingerprint density at radius 1 is 1.19 bits per heavy atom. The first kappa shape index (κ1) is 22.1. The van der Waals surface area contributed by atoms with Gasteiger partial charge in [0.05, 0.1) is 11.6 Å². The molecule has 3 unspecified atom stereocenters. The number of phenols is 1. The summed E-state index contributed by atoms with van der Waals surface area (Å²) in [6.45, 7) is 1.08. The van der Waals surface area contributed by atoms with Crippen LogP contribution in [-0.4, -0.2) is 75.9 Å². The van der Waals surface area contributed by atoms with E-state index in [9.17, 15) is 37.0 Å². The molecular formula is C19H20F5N5O3. The molecule has 2 fully saturated rings. The fourth-order valence-corrected chi connectivity index (χ4v) is 4.45. The second-order valence-electron chi connectivity index (χ2n) is 7.92. The maximum atomic E-state index is 13.9. The molecule has 0 saturated carbocycles. The largest absolute Gasteiger partial charge is 0.507 e. The molecule has 4 rings (SSSR count). The smallest absolute Gasteiger partial charge is 0.416 e. The summed E-state index contributed by atoms with van der Waals surface area (Å²) in [5.74, 6) is -0.607. The van der Waals surface area contributed by atoms with Gasteiger partial charge in [-0.1, -0.05) is 0 Å². The molecule has 174 valence electrons. The van der Waals surface area contributed by atoms with Crippen LogP contribution in [-0.2, 0) is 6.18 Å². The number of benzene rings is 1. The second kappa shape index (κ2) is 8.10. The van der Waals surface area contributed by atoms with Crippen LogP contribution >= 0.6 is 0 Å². The van der Waals surface area contributed by atoms with Gasteiger partial charge < -0.3 is 25.3 Å². The molecule has 0 aliphatic carbocycles. The van der Waals surface area contributed by atoms with Gasteiger partial charge in [0, 0.05) is 25.2 Å². The van der Waals surface area contributed by atoms with Crippen LogP contribution in [0.2, 0.25) is 0 Å². The van der Waals surface area contributed by atoms with Gasteiger partial charge in [0.1, 0.15) is 17.5 Å². The summed E-state index contributed by atoms with van der Waals surface area (Å²) in [7, 11) is 0. The Labute approximate surface area is 179 Å². The first-order valence-corrected chi connectivity index (χ1v) is 9.91. The fourth-order valence-electron chi connectivity index (χ4n) is 4.45. The van der Waals surface area contributed by atoms with Crippen LogP contribution in [0.1, 0.15) is 24.0 Å². The minimum atomic E-state index is -4.70. The standard InChI is InChI=1S/C19H20F5N5O3/c20-16(21)15-14(11-2-1-10(7-13(11)30)19(22,23)24)26-27-17(25-15)29-6-4-9-3-5-28(18(31)32)8-12(9)29/h1-2,7,9,12,15-16,30H,3-6,8H2,(H,25,27)(H,31,32). The van der Waals surface area contributed by atoms with Crippen LogP contribution in [0, 0.1) is 5.92 Å². The van der Waals surface area contributed by atoms with E-state index in [1.54, 1.807) is 4.90 Å². The lowest BCUT2D eigenvalue weighted by Gasteiger charge is -2.39. The van der Waals surface area contributed by atoms with E-state index in [4.69, 9.17) is 0 Å². The van der Waals surface area contributed by atoms with Crippen molar-refractivity contribution in [3.63, 3.8) is 0 Å². The summed E-state index contributed by atoms with van der Waals surface area (Å²) in [5, 5.41) is 29.7. The molecule has 0 spiro atoms. The number of amides is 1. The van der Waals surface area contributed by atoms with Gasteiger partial charge in [-0.05, 0) is 37.0 Å². The third-order valence-corrected chi connectivity index (χ3v) is 6.09. The van der Waals surface area contributed by atoms with Crippen LogP contribution in [0.5, 0.6) is 5.75 Å². The van der Waals surface area contributed by atoms with Crippen LogP contribution in [0.3, 0.4) is 0 Å². The van der Waals surface area contributed by atoms with E-state index >= 15 is 0 Å². The van der Waals surface area contributed by atoms with Crippen molar-refractivity contribution in [3.05, 3.63) is 29.3 Å². The van der Waals surface area contributed by atoms with Crippen LogP contribution in [0.25, 0.3) is 0 Å². The van der Waals surface area contributed by atoms with E-state index in [2.05, 4.69) is 15.5 Å². The Morgan fingerprint density at radius 3 is 2.53 bits per heavy atom. The number of nitrogens with zero attached hydrogens (tertiary/aromatic N) is 4. The Morgan fingerprint density at radius 2 is 1.91 bits per heavy atom. The van der Waals surface area contributed by atoms with Crippen molar-refractivity contribution < 1.29 is 37.0 Å². The van der Waals surface area contributed by atoms with Crippen molar-refractivity contribution in [1.82, 2.24) is 15.1 Å². The molecule has 3 aliphatic heterocycles. The average Bonchev–Trinajstić information content (AvgIpc) is 3.16. The zero-order chi connectivity index (χ0) is 23.2. The molecule has 32 heavy (non-hydrogen) atoms. The first-order valence-electron chi connectivity index (χ1n) is 9.91. The first-order chi connectivity index (χ1) is 15.1. The monoisotopic (exact) mass is 461 g/mol. The van der Waals surface area contributed by atoms with Crippen molar-refractivity contribution in [3.8, 4) is 5.75 Å². The quantitative estimate of drug-likeness (QED) is 0.589. The number of likely N-dealkylation sites (tertiary alicyclic amines) is 2. The number of fused-ring (bicyclic) bond motifs is 1. The van der Waals surface area contributed by atoms with Crippen molar-refractivity contribution >= 4 is 17.8 Å². The molecule has 1 aromatic rings. The van der Waals surface area contributed by atoms with E-state index in [1.165, 1.54) is 4.90 Å². The molecule has 0 bridgehead atoms. The van der Waals surface area contributed by atoms with Gasteiger partial charge in [0.15, 0.2) is 0 Å². The summed E-state index contributed by atoms with van der Waals surface area (Å²) in [4.78, 5) is 14.3. The fraction of sp³-hybridized carbons (Fsp3) is 0.526. The molecule has 1 aromatic carbocycles. The lowest BCUT2D eigenvalue weighted by Crippen LogP contribution is -2.58. The van der Waals surface area contributed by atoms with E-state index in [-0.39, 0.29) is 35.7 Å². The van der Waals surface area contributed by atoms with Crippen molar-refractivity contribution in [1.29, 1.82) is 0 Å². The van der Waals surface area contributed by atoms with Crippen molar-refractivity contribution in [2.24, 2.45) is 16.1 Å². The van der Waals surface area contributed by atoms with Crippen LogP contribution in [0.4, 0.5) is 26.7 Å². The molecule has 3 atom stereocenters. The highest BCUT2D eigenvalue weighted by Crippen LogP contribution is 2.35. The number of hydrogen-bond donors (Lipinski definition) is 3. The molecule has 8 nitrogen and oxygen atoms in total. The molecule has 3 aliphatic rings. The molecule has 13 heteroatoms. The van der Waals surface area contributed by atoms with Gasteiger partial charge in [-0.15, -0.1) is 10.2 Å². The SMILES string of the molecule is O=C(O)N1CCC2CCN(C3=NN=C(c4ccc(C(F)(F)F)cc4O)C(C(F)F)N3)C2C1. The number of carboxylic acid groups (broad SMARTS) is 1. The van der Waals surface area contributed by atoms with Gasteiger partial charge in [-0.25, -0.2) is 13.6 Å². The number of halogens is 5. The summed E-state index contributed by atoms with van der Waals surface area (Å²) in [6.07, 6.45) is -7.37. The molecule has 3 heterocycles. The number of piperidine rings is 1. The Bertz CT molecular complexity index is 967. The normalized spacial score (nSPS) is 25.9. The zero-order valence-corrected chi connectivity index (χ0v) is 16.6. The minimum Gasteiger partial charge on any atom is -0.507 e. The van der Waals surface area contributed by atoms with Gasteiger partial charge in [-0.2, -0.15) is 13.2 Å². The Kier molecular flexibility index (Phi) is 5.59. The van der Waals surface area contributed by atoms with Gasteiger partial charge >= 0.3 is 12.3 Å².